The van der Waals surface area contributed by atoms with Crippen LogP contribution in [0.3, 0.4) is 0 Å². The minimum absolute atomic E-state index is 0.131. The number of alkyl carbamates (subject to hydrolysis) is 1. The molecule has 0 aliphatic carbocycles. The van der Waals surface area contributed by atoms with Crippen LogP contribution in [0.25, 0.3) is 10.8 Å². The summed E-state index contributed by atoms with van der Waals surface area (Å²) in [5.41, 5.74) is 2.02. The van der Waals surface area contributed by atoms with Crippen LogP contribution in [0.2, 0.25) is 0 Å². The predicted molar refractivity (Wildman–Crippen MR) is 124 cm³/mol. The second-order valence-electron chi connectivity index (χ2n) is 8.60. The molecule has 3 rings (SSSR count). The molecule has 0 saturated heterocycles. The average molecular weight is 419 g/mol. The van der Waals surface area contributed by atoms with E-state index < -0.39 is 11.7 Å². The van der Waals surface area contributed by atoms with Crippen molar-refractivity contribution in [3.63, 3.8) is 0 Å². The second kappa shape index (κ2) is 9.65. The Morgan fingerprint density at radius 2 is 1.61 bits per heavy atom. The molecule has 0 aliphatic heterocycles. The van der Waals surface area contributed by atoms with Gasteiger partial charge in [0.05, 0.1) is 6.04 Å². The Bertz CT molecular complexity index is 1060. The summed E-state index contributed by atoms with van der Waals surface area (Å²) in [5, 5.41) is 8.15. The quantitative estimate of drug-likeness (QED) is 0.563. The first-order chi connectivity index (χ1) is 14.7. The summed E-state index contributed by atoms with van der Waals surface area (Å²) in [7, 11) is 0. The molecule has 0 aromatic heterocycles. The van der Waals surface area contributed by atoms with Crippen molar-refractivity contribution in [1.82, 2.24) is 10.6 Å². The number of carbonyl (C=O) groups excluding carboxylic acids is 2. The van der Waals surface area contributed by atoms with E-state index in [0.717, 1.165) is 21.9 Å². The van der Waals surface area contributed by atoms with Crippen molar-refractivity contribution < 1.29 is 14.3 Å². The molecule has 0 spiro atoms. The molecule has 2 N–H and O–H groups in total. The lowest BCUT2D eigenvalue weighted by molar-refractivity contribution is 0.0528. The third kappa shape index (κ3) is 6.07. The maximum Gasteiger partial charge on any atom is 0.407 e. The van der Waals surface area contributed by atoms with Crippen LogP contribution in [0.1, 0.15) is 55.2 Å². The van der Waals surface area contributed by atoms with Crippen molar-refractivity contribution in [2.45, 2.75) is 45.8 Å². The van der Waals surface area contributed by atoms with Crippen LogP contribution < -0.4 is 10.6 Å². The monoisotopic (exact) mass is 418 g/mol. The van der Waals surface area contributed by atoms with E-state index in [2.05, 4.69) is 28.8 Å². The lowest BCUT2D eigenvalue weighted by atomic mass is 9.98. The molecule has 31 heavy (non-hydrogen) atoms. The van der Waals surface area contributed by atoms with E-state index in [1.807, 2.05) is 76.2 Å². The summed E-state index contributed by atoms with van der Waals surface area (Å²) in [4.78, 5) is 24.9. The molecule has 0 saturated carbocycles. The van der Waals surface area contributed by atoms with Crippen LogP contribution >= 0.6 is 0 Å². The number of benzene rings is 3. The fourth-order valence-corrected chi connectivity index (χ4v) is 3.55. The van der Waals surface area contributed by atoms with Gasteiger partial charge in [-0.25, -0.2) is 4.79 Å². The maximum absolute atomic E-state index is 13.0. The van der Waals surface area contributed by atoms with Crippen molar-refractivity contribution in [3.8, 4) is 0 Å². The number of carbonyl (C=O) groups is 2. The number of hydrogen-bond donors (Lipinski definition) is 2. The molecular formula is C26H30N2O3. The number of nitrogens with one attached hydrogen (secondary N) is 2. The fraction of sp³-hybridized carbons (Fsp3) is 0.308. The van der Waals surface area contributed by atoms with Gasteiger partial charge < -0.3 is 15.4 Å². The normalized spacial score (nSPS) is 12.3. The average Bonchev–Trinajstić information content (AvgIpc) is 2.72. The van der Waals surface area contributed by atoms with Crippen LogP contribution in [-0.2, 0) is 11.2 Å². The molecule has 0 aliphatic rings. The lowest BCUT2D eigenvalue weighted by Gasteiger charge is -2.20. The predicted octanol–water partition coefficient (Wildman–Crippen LogP) is 5.40. The maximum atomic E-state index is 13.0. The highest BCUT2D eigenvalue weighted by molar-refractivity contribution is 5.96. The minimum Gasteiger partial charge on any atom is -0.444 e. The fourth-order valence-electron chi connectivity index (χ4n) is 3.55. The number of amides is 2. The SMILES string of the molecule is C[C@@H](NC(=O)c1ccccc1CCNC(=O)OC(C)(C)C)c1cccc2ccccc12. The first-order valence-corrected chi connectivity index (χ1v) is 10.6. The molecule has 0 fully saturated rings. The molecule has 3 aromatic rings. The van der Waals surface area contributed by atoms with Gasteiger partial charge in [0.15, 0.2) is 0 Å². The van der Waals surface area contributed by atoms with Crippen LogP contribution in [0.4, 0.5) is 4.79 Å². The summed E-state index contributed by atoms with van der Waals surface area (Å²) in [6.45, 7) is 7.85. The Kier molecular flexibility index (Phi) is 6.95. The number of hydrogen-bond acceptors (Lipinski definition) is 3. The topological polar surface area (TPSA) is 67.4 Å². The van der Waals surface area contributed by atoms with Gasteiger partial charge in [0.2, 0.25) is 0 Å². The molecule has 0 radical (unpaired) electrons. The van der Waals surface area contributed by atoms with Gasteiger partial charge in [0, 0.05) is 12.1 Å². The minimum atomic E-state index is -0.542. The highest BCUT2D eigenvalue weighted by Gasteiger charge is 2.18. The molecule has 0 heterocycles. The molecular weight excluding hydrogens is 388 g/mol. The van der Waals surface area contributed by atoms with E-state index in [-0.39, 0.29) is 11.9 Å². The second-order valence-corrected chi connectivity index (χ2v) is 8.60. The number of rotatable bonds is 6. The zero-order valence-corrected chi connectivity index (χ0v) is 18.6. The molecule has 1 atom stereocenters. The van der Waals surface area contributed by atoms with Crippen molar-refractivity contribution in [1.29, 1.82) is 0 Å². The van der Waals surface area contributed by atoms with E-state index in [1.165, 1.54) is 0 Å². The van der Waals surface area contributed by atoms with Gasteiger partial charge in [-0.3, -0.25) is 4.79 Å². The van der Waals surface area contributed by atoms with Gasteiger partial charge in [0.25, 0.3) is 5.91 Å². The largest absolute Gasteiger partial charge is 0.444 e. The highest BCUT2D eigenvalue weighted by Crippen LogP contribution is 2.24. The van der Waals surface area contributed by atoms with E-state index in [0.29, 0.717) is 18.5 Å². The smallest absolute Gasteiger partial charge is 0.407 e. The first kappa shape index (κ1) is 22.3. The van der Waals surface area contributed by atoms with Crippen LogP contribution in [0.5, 0.6) is 0 Å². The van der Waals surface area contributed by atoms with E-state index in [4.69, 9.17) is 4.74 Å². The Morgan fingerprint density at radius 1 is 0.935 bits per heavy atom. The Labute approximate surface area is 183 Å². The Morgan fingerprint density at radius 3 is 2.39 bits per heavy atom. The summed E-state index contributed by atoms with van der Waals surface area (Å²) < 4.78 is 5.26. The molecule has 162 valence electrons. The summed E-state index contributed by atoms with van der Waals surface area (Å²) in [6, 6.07) is 21.6. The molecule has 5 heteroatoms. The van der Waals surface area contributed by atoms with Gasteiger partial charge >= 0.3 is 6.09 Å². The summed E-state index contributed by atoms with van der Waals surface area (Å²) in [6.07, 6.45) is 0.0740. The van der Waals surface area contributed by atoms with Crippen LogP contribution in [-0.4, -0.2) is 24.1 Å². The van der Waals surface area contributed by atoms with Gasteiger partial charge in [-0.1, -0.05) is 60.7 Å². The zero-order chi connectivity index (χ0) is 22.4. The zero-order valence-electron chi connectivity index (χ0n) is 18.6. The number of fused-ring (bicyclic) bond motifs is 1. The third-order valence-electron chi connectivity index (χ3n) is 4.96. The van der Waals surface area contributed by atoms with E-state index in [1.54, 1.807) is 0 Å². The van der Waals surface area contributed by atoms with Gasteiger partial charge in [-0.15, -0.1) is 0 Å². The summed E-state index contributed by atoms with van der Waals surface area (Å²) >= 11 is 0. The molecule has 5 nitrogen and oxygen atoms in total. The van der Waals surface area contributed by atoms with Crippen molar-refractivity contribution >= 4 is 22.8 Å². The van der Waals surface area contributed by atoms with Crippen molar-refractivity contribution in [2.24, 2.45) is 0 Å². The van der Waals surface area contributed by atoms with Gasteiger partial charge in [-0.05, 0) is 62.1 Å². The van der Waals surface area contributed by atoms with Crippen LogP contribution in [0, 0.1) is 0 Å². The lowest BCUT2D eigenvalue weighted by Crippen LogP contribution is -2.34. The third-order valence-corrected chi connectivity index (χ3v) is 4.96. The van der Waals surface area contributed by atoms with Crippen molar-refractivity contribution in [3.05, 3.63) is 83.4 Å². The molecule has 2 amide bonds. The van der Waals surface area contributed by atoms with E-state index >= 15 is 0 Å². The Hall–Kier alpha value is -3.34. The Balaban J connectivity index is 1.67. The highest BCUT2D eigenvalue weighted by atomic mass is 16.6. The first-order valence-electron chi connectivity index (χ1n) is 10.6. The van der Waals surface area contributed by atoms with Gasteiger partial charge in [-0.2, -0.15) is 0 Å². The molecule has 3 aromatic carbocycles. The summed E-state index contributed by atoms with van der Waals surface area (Å²) in [5.74, 6) is -0.131. The van der Waals surface area contributed by atoms with Crippen LogP contribution in [0.15, 0.2) is 66.7 Å². The number of ether oxygens (including phenoxy) is 1. The van der Waals surface area contributed by atoms with Gasteiger partial charge in [0.1, 0.15) is 5.60 Å². The van der Waals surface area contributed by atoms with E-state index in [9.17, 15) is 9.59 Å². The van der Waals surface area contributed by atoms with Crippen molar-refractivity contribution in [2.75, 3.05) is 6.54 Å². The standard InChI is InChI=1S/C26H30N2O3/c1-18(21-15-9-12-19-10-5-7-13-22(19)21)28-24(29)23-14-8-6-11-20(23)16-17-27-25(30)31-26(2,3)4/h5-15,18H,16-17H2,1-4H3,(H,27,30)(H,28,29)/t18-/m1/s1. The molecule has 0 unspecified atom stereocenters. The molecule has 0 bridgehead atoms.